The molecule has 0 spiro atoms. The lowest BCUT2D eigenvalue weighted by molar-refractivity contribution is -0.132. The first-order chi connectivity index (χ1) is 7.66. The highest BCUT2D eigenvalue weighted by Gasteiger charge is 2.10. The standard InChI is InChI=1S/C13H13NO2/c1-10-2-4-12(5-3-10)14-8-6-11(7-9-14)13(15)16/h2-8H,9H2,1H3,(H,15,16). The molecule has 0 unspecified atom stereocenters. The van der Waals surface area contributed by atoms with Crippen molar-refractivity contribution in [2.75, 3.05) is 11.4 Å². The molecule has 0 bridgehead atoms. The molecule has 1 aromatic carbocycles. The predicted octanol–water partition coefficient (Wildman–Crippen LogP) is 2.34. The van der Waals surface area contributed by atoms with Gasteiger partial charge in [-0.3, -0.25) is 0 Å². The Balaban J connectivity index is 2.14. The molecular weight excluding hydrogens is 202 g/mol. The van der Waals surface area contributed by atoms with Crippen molar-refractivity contribution < 1.29 is 9.90 Å². The molecule has 3 heteroatoms. The number of aliphatic carboxylic acids is 1. The van der Waals surface area contributed by atoms with E-state index in [1.807, 2.05) is 36.1 Å². The molecule has 0 fully saturated rings. The number of anilines is 1. The van der Waals surface area contributed by atoms with Gasteiger partial charge >= 0.3 is 5.97 Å². The maximum Gasteiger partial charge on any atom is 0.335 e. The van der Waals surface area contributed by atoms with Gasteiger partial charge in [-0.15, -0.1) is 0 Å². The van der Waals surface area contributed by atoms with Crippen LogP contribution in [0.4, 0.5) is 5.69 Å². The molecule has 3 nitrogen and oxygen atoms in total. The Kier molecular flexibility index (Phi) is 2.77. The second kappa shape index (κ2) is 4.23. The summed E-state index contributed by atoms with van der Waals surface area (Å²) in [4.78, 5) is 12.7. The van der Waals surface area contributed by atoms with Crippen molar-refractivity contribution >= 4 is 11.7 Å². The van der Waals surface area contributed by atoms with Crippen LogP contribution >= 0.6 is 0 Å². The SMILES string of the molecule is Cc1ccc(N2C=CC(C(=O)O)=CC2)cc1. The van der Waals surface area contributed by atoms with Gasteiger partial charge in [-0.1, -0.05) is 23.8 Å². The Morgan fingerprint density at radius 2 is 2.00 bits per heavy atom. The Morgan fingerprint density at radius 3 is 2.50 bits per heavy atom. The van der Waals surface area contributed by atoms with Crippen molar-refractivity contribution in [3.63, 3.8) is 0 Å². The highest BCUT2D eigenvalue weighted by atomic mass is 16.4. The number of hydrogen-bond acceptors (Lipinski definition) is 2. The van der Waals surface area contributed by atoms with Crippen LogP contribution in [0.2, 0.25) is 0 Å². The predicted molar refractivity (Wildman–Crippen MR) is 63.4 cm³/mol. The molecule has 0 aromatic heterocycles. The maximum absolute atomic E-state index is 10.7. The van der Waals surface area contributed by atoms with Gasteiger partial charge in [-0.2, -0.15) is 0 Å². The van der Waals surface area contributed by atoms with Crippen molar-refractivity contribution in [3.8, 4) is 0 Å². The Bertz CT molecular complexity index is 457. The number of carboxylic acid groups (broad SMARTS) is 1. The zero-order chi connectivity index (χ0) is 11.5. The molecule has 1 heterocycles. The first-order valence-electron chi connectivity index (χ1n) is 5.12. The molecule has 1 N–H and O–H groups in total. The van der Waals surface area contributed by atoms with Gasteiger partial charge in [0.25, 0.3) is 0 Å². The minimum atomic E-state index is -0.875. The van der Waals surface area contributed by atoms with Crippen LogP contribution < -0.4 is 4.90 Å². The first-order valence-corrected chi connectivity index (χ1v) is 5.12. The summed E-state index contributed by atoms with van der Waals surface area (Å²) in [7, 11) is 0. The topological polar surface area (TPSA) is 40.5 Å². The lowest BCUT2D eigenvalue weighted by atomic mass is 10.1. The molecule has 1 aromatic rings. The normalized spacial score (nSPS) is 14.8. The van der Waals surface area contributed by atoms with Gasteiger partial charge in [-0.25, -0.2) is 4.79 Å². The van der Waals surface area contributed by atoms with E-state index < -0.39 is 5.97 Å². The third kappa shape index (κ3) is 2.14. The van der Waals surface area contributed by atoms with Crippen molar-refractivity contribution in [1.29, 1.82) is 0 Å². The highest BCUT2D eigenvalue weighted by Crippen LogP contribution is 2.18. The average Bonchev–Trinajstić information content (AvgIpc) is 2.30. The molecule has 1 aliphatic heterocycles. The number of nitrogens with zero attached hydrogens (tertiary/aromatic N) is 1. The summed E-state index contributed by atoms with van der Waals surface area (Å²) in [5, 5.41) is 8.79. The van der Waals surface area contributed by atoms with Gasteiger partial charge in [0, 0.05) is 18.4 Å². The highest BCUT2D eigenvalue weighted by molar-refractivity contribution is 5.90. The van der Waals surface area contributed by atoms with Gasteiger partial charge in [0.15, 0.2) is 0 Å². The minimum Gasteiger partial charge on any atom is -0.478 e. The molecule has 82 valence electrons. The first kappa shape index (κ1) is 10.5. The van der Waals surface area contributed by atoms with Gasteiger partial charge < -0.3 is 10.0 Å². The van der Waals surface area contributed by atoms with E-state index in [0.717, 1.165) is 5.69 Å². The molecule has 0 saturated heterocycles. The number of carbonyl (C=O) groups is 1. The smallest absolute Gasteiger partial charge is 0.335 e. The quantitative estimate of drug-likeness (QED) is 0.823. The largest absolute Gasteiger partial charge is 0.478 e. The minimum absolute atomic E-state index is 0.350. The van der Waals surface area contributed by atoms with Crippen molar-refractivity contribution in [2.24, 2.45) is 0 Å². The monoisotopic (exact) mass is 215 g/mol. The van der Waals surface area contributed by atoms with E-state index in [4.69, 9.17) is 5.11 Å². The fourth-order valence-corrected chi connectivity index (χ4v) is 1.58. The molecule has 1 aliphatic rings. The van der Waals surface area contributed by atoms with Crippen LogP contribution in [0.15, 0.2) is 48.2 Å². The zero-order valence-electron chi connectivity index (χ0n) is 9.05. The lowest BCUT2D eigenvalue weighted by Crippen LogP contribution is -2.20. The number of hydrogen-bond donors (Lipinski definition) is 1. The third-order valence-electron chi connectivity index (χ3n) is 2.55. The van der Waals surface area contributed by atoms with Gasteiger partial charge in [-0.05, 0) is 25.1 Å². The van der Waals surface area contributed by atoms with E-state index in [9.17, 15) is 4.79 Å². The Morgan fingerprint density at radius 1 is 1.31 bits per heavy atom. The molecule has 0 saturated carbocycles. The third-order valence-corrected chi connectivity index (χ3v) is 2.55. The number of benzene rings is 1. The number of aryl methyl sites for hydroxylation is 1. The molecule has 0 atom stereocenters. The lowest BCUT2D eigenvalue weighted by Gasteiger charge is -2.21. The van der Waals surface area contributed by atoms with Gasteiger partial charge in [0.2, 0.25) is 0 Å². The fraction of sp³-hybridized carbons (Fsp3) is 0.154. The van der Waals surface area contributed by atoms with Gasteiger partial charge in [0.1, 0.15) is 0 Å². The van der Waals surface area contributed by atoms with Crippen LogP contribution in [0, 0.1) is 6.92 Å². The summed E-state index contributed by atoms with van der Waals surface area (Å²) in [5.41, 5.74) is 2.64. The fourth-order valence-electron chi connectivity index (χ4n) is 1.58. The summed E-state index contributed by atoms with van der Waals surface area (Å²) in [5.74, 6) is -0.875. The van der Waals surface area contributed by atoms with E-state index in [0.29, 0.717) is 12.1 Å². The van der Waals surface area contributed by atoms with Crippen LogP contribution in [0.1, 0.15) is 5.56 Å². The molecule has 2 rings (SSSR count). The molecule has 16 heavy (non-hydrogen) atoms. The Labute approximate surface area is 94.3 Å². The molecule has 0 radical (unpaired) electrons. The van der Waals surface area contributed by atoms with E-state index in [1.165, 1.54) is 5.56 Å². The van der Waals surface area contributed by atoms with Crippen molar-refractivity contribution in [1.82, 2.24) is 0 Å². The number of rotatable bonds is 2. The summed E-state index contributed by atoms with van der Waals surface area (Å²) < 4.78 is 0. The number of carboxylic acids is 1. The van der Waals surface area contributed by atoms with E-state index >= 15 is 0 Å². The van der Waals surface area contributed by atoms with Gasteiger partial charge in [0.05, 0.1) is 5.57 Å². The van der Waals surface area contributed by atoms with Crippen molar-refractivity contribution in [2.45, 2.75) is 6.92 Å². The van der Waals surface area contributed by atoms with Crippen LogP contribution in [0.25, 0.3) is 0 Å². The van der Waals surface area contributed by atoms with Crippen LogP contribution in [0.3, 0.4) is 0 Å². The second-order valence-electron chi connectivity index (χ2n) is 3.77. The molecule has 0 aliphatic carbocycles. The van der Waals surface area contributed by atoms with Crippen LogP contribution in [0.5, 0.6) is 0 Å². The molecule has 0 amide bonds. The second-order valence-corrected chi connectivity index (χ2v) is 3.77. The van der Waals surface area contributed by atoms with Crippen LogP contribution in [-0.2, 0) is 4.79 Å². The summed E-state index contributed by atoms with van der Waals surface area (Å²) >= 11 is 0. The van der Waals surface area contributed by atoms with E-state index in [1.54, 1.807) is 18.4 Å². The maximum atomic E-state index is 10.7. The zero-order valence-corrected chi connectivity index (χ0v) is 9.05. The Hall–Kier alpha value is -2.03. The summed E-state index contributed by atoms with van der Waals surface area (Å²) in [6.07, 6.45) is 5.13. The molecular formula is C13H13NO2. The van der Waals surface area contributed by atoms with E-state index in [-0.39, 0.29) is 0 Å². The van der Waals surface area contributed by atoms with Crippen LogP contribution in [-0.4, -0.2) is 17.6 Å². The summed E-state index contributed by atoms with van der Waals surface area (Å²) in [6.45, 7) is 2.64. The van der Waals surface area contributed by atoms with Crippen molar-refractivity contribution in [3.05, 3.63) is 53.8 Å². The van der Waals surface area contributed by atoms with E-state index in [2.05, 4.69) is 0 Å². The summed E-state index contributed by atoms with van der Waals surface area (Å²) in [6, 6.07) is 8.14. The average molecular weight is 215 g/mol.